The third kappa shape index (κ3) is 4.20. The summed E-state index contributed by atoms with van der Waals surface area (Å²) in [5.41, 5.74) is 2.37. The van der Waals surface area contributed by atoms with E-state index in [0.29, 0.717) is 12.5 Å². The Kier molecular flexibility index (Phi) is 5.08. The lowest BCUT2D eigenvalue weighted by molar-refractivity contribution is -0.133. The smallest absolute Gasteiger partial charge is 0.236 e. The molecule has 1 unspecified atom stereocenters. The van der Waals surface area contributed by atoms with Crippen molar-refractivity contribution < 1.29 is 4.79 Å². The third-order valence-corrected chi connectivity index (χ3v) is 4.44. The van der Waals surface area contributed by atoms with Crippen LogP contribution >= 0.6 is 0 Å². The fourth-order valence-electron chi connectivity index (χ4n) is 3.23. The molecule has 1 atom stereocenters. The maximum Gasteiger partial charge on any atom is 0.236 e. The van der Waals surface area contributed by atoms with Gasteiger partial charge >= 0.3 is 0 Å². The first kappa shape index (κ1) is 15.7. The number of piperidine rings is 1. The molecule has 2 aromatic rings. The van der Waals surface area contributed by atoms with Crippen LogP contribution in [0.15, 0.2) is 42.6 Å². The van der Waals surface area contributed by atoms with Crippen molar-refractivity contribution in [1.82, 2.24) is 20.0 Å². The SMILES string of the molecule is CN(CC(=O)N1CCCC(c2ccn[nH]2)C1)Cc1ccccc1. The summed E-state index contributed by atoms with van der Waals surface area (Å²) in [5.74, 6) is 0.599. The number of nitrogens with zero attached hydrogens (tertiary/aromatic N) is 3. The number of rotatable bonds is 5. The van der Waals surface area contributed by atoms with E-state index in [1.807, 2.05) is 36.2 Å². The van der Waals surface area contributed by atoms with E-state index in [4.69, 9.17) is 0 Å². The van der Waals surface area contributed by atoms with Crippen LogP contribution in [0.3, 0.4) is 0 Å². The maximum atomic E-state index is 12.6. The van der Waals surface area contributed by atoms with Crippen LogP contribution in [0, 0.1) is 0 Å². The molecule has 0 radical (unpaired) electrons. The van der Waals surface area contributed by atoms with Gasteiger partial charge in [-0.3, -0.25) is 14.8 Å². The van der Waals surface area contributed by atoms with Gasteiger partial charge < -0.3 is 4.90 Å². The molecule has 3 rings (SSSR count). The van der Waals surface area contributed by atoms with E-state index < -0.39 is 0 Å². The Morgan fingerprint density at radius 1 is 1.35 bits per heavy atom. The van der Waals surface area contributed by atoms with E-state index in [2.05, 4.69) is 27.2 Å². The van der Waals surface area contributed by atoms with E-state index >= 15 is 0 Å². The highest BCUT2D eigenvalue weighted by Gasteiger charge is 2.25. The van der Waals surface area contributed by atoms with Crippen molar-refractivity contribution in [3.05, 3.63) is 53.9 Å². The molecule has 5 nitrogen and oxygen atoms in total. The van der Waals surface area contributed by atoms with Gasteiger partial charge in [0.25, 0.3) is 0 Å². The first-order valence-electron chi connectivity index (χ1n) is 8.22. The van der Waals surface area contributed by atoms with Crippen molar-refractivity contribution in [3.63, 3.8) is 0 Å². The summed E-state index contributed by atoms with van der Waals surface area (Å²) < 4.78 is 0. The second-order valence-electron chi connectivity index (χ2n) is 6.35. The molecule has 0 bridgehead atoms. The molecule has 1 saturated heterocycles. The molecule has 0 spiro atoms. The van der Waals surface area contributed by atoms with Crippen LogP contribution in [0.25, 0.3) is 0 Å². The Morgan fingerprint density at radius 2 is 2.17 bits per heavy atom. The van der Waals surface area contributed by atoms with Crippen molar-refractivity contribution in [1.29, 1.82) is 0 Å². The van der Waals surface area contributed by atoms with Crippen LogP contribution < -0.4 is 0 Å². The van der Waals surface area contributed by atoms with Crippen molar-refractivity contribution in [2.75, 3.05) is 26.7 Å². The lowest BCUT2D eigenvalue weighted by Gasteiger charge is -2.33. The lowest BCUT2D eigenvalue weighted by atomic mass is 9.95. The molecule has 1 amide bonds. The molecule has 1 N–H and O–H groups in total. The van der Waals surface area contributed by atoms with Crippen molar-refractivity contribution in [2.24, 2.45) is 0 Å². The van der Waals surface area contributed by atoms with Gasteiger partial charge in [0.05, 0.1) is 6.54 Å². The molecular weight excluding hydrogens is 288 g/mol. The number of benzene rings is 1. The number of likely N-dealkylation sites (N-methyl/N-ethyl adjacent to an activating group) is 1. The highest BCUT2D eigenvalue weighted by atomic mass is 16.2. The van der Waals surface area contributed by atoms with Gasteiger partial charge in [-0.05, 0) is 31.5 Å². The first-order valence-corrected chi connectivity index (χ1v) is 8.22. The van der Waals surface area contributed by atoms with Gasteiger partial charge in [0.15, 0.2) is 0 Å². The van der Waals surface area contributed by atoms with Crippen LogP contribution in [0.4, 0.5) is 0 Å². The Bertz CT molecular complexity index is 611. The molecule has 1 aromatic carbocycles. The summed E-state index contributed by atoms with van der Waals surface area (Å²) in [6, 6.07) is 12.3. The van der Waals surface area contributed by atoms with Crippen molar-refractivity contribution in [2.45, 2.75) is 25.3 Å². The molecule has 1 aromatic heterocycles. The van der Waals surface area contributed by atoms with Crippen molar-refractivity contribution >= 4 is 5.91 Å². The van der Waals surface area contributed by atoms with Crippen molar-refractivity contribution in [3.8, 4) is 0 Å². The molecule has 1 aliphatic heterocycles. The van der Waals surface area contributed by atoms with Gasteiger partial charge in [0, 0.05) is 37.4 Å². The second-order valence-corrected chi connectivity index (χ2v) is 6.35. The molecule has 1 aliphatic rings. The zero-order valence-electron chi connectivity index (χ0n) is 13.6. The van der Waals surface area contributed by atoms with E-state index in [0.717, 1.165) is 38.2 Å². The summed E-state index contributed by atoms with van der Waals surface area (Å²) in [7, 11) is 2.00. The summed E-state index contributed by atoms with van der Waals surface area (Å²) in [5, 5.41) is 7.07. The average molecular weight is 312 g/mol. The number of aromatic amines is 1. The van der Waals surface area contributed by atoms with E-state index in [1.165, 1.54) is 5.56 Å². The number of aromatic nitrogens is 2. The van der Waals surface area contributed by atoms with Crippen LogP contribution in [0.5, 0.6) is 0 Å². The standard InChI is InChI=1S/C18H24N4O/c1-21(12-15-6-3-2-4-7-15)14-18(23)22-11-5-8-16(13-22)17-9-10-19-20-17/h2-4,6-7,9-10,16H,5,8,11-14H2,1H3,(H,19,20). The zero-order chi connectivity index (χ0) is 16.1. The summed E-state index contributed by atoms with van der Waals surface area (Å²) in [4.78, 5) is 16.6. The molecular formula is C18H24N4O. The molecule has 0 aliphatic carbocycles. The number of likely N-dealkylation sites (tertiary alicyclic amines) is 1. The Labute approximate surface area is 137 Å². The molecule has 5 heteroatoms. The number of carbonyl (C=O) groups excluding carboxylic acids is 1. The van der Waals surface area contributed by atoms with Crippen LogP contribution in [0.2, 0.25) is 0 Å². The van der Waals surface area contributed by atoms with Crippen LogP contribution in [-0.4, -0.2) is 52.6 Å². The Hall–Kier alpha value is -2.14. The van der Waals surface area contributed by atoms with Gasteiger partial charge in [-0.2, -0.15) is 5.10 Å². The summed E-state index contributed by atoms with van der Waals surface area (Å²) >= 11 is 0. The fourth-order valence-corrected chi connectivity index (χ4v) is 3.23. The minimum atomic E-state index is 0.215. The molecule has 1 fully saturated rings. The molecule has 2 heterocycles. The van der Waals surface area contributed by atoms with Gasteiger partial charge in [-0.25, -0.2) is 0 Å². The third-order valence-electron chi connectivity index (χ3n) is 4.44. The highest BCUT2D eigenvalue weighted by Crippen LogP contribution is 2.25. The van der Waals surface area contributed by atoms with Crippen LogP contribution in [0.1, 0.15) is 30.0 Å². The van der Waals surface area contributed by atoms with E-state index in [9.17, 15) is 4.79 Å². The number of carbonyl (C=O) groups is 1. The Balaban J connectivity index is 1.53. The van der Waals surface area contributed by atoms with Crippen LogP contribution in [-0.2, 0) is 11.3 Å². The maximum absolute atomic E-state index is 12.6. The van der Waals surface area contributed by atoms with Gasteiger partial charge in [-0.1, -0.05) is 30.3 Å². The number of hydrogen-bond donors (Lipinski definition) is 1. The van der Waals surface area contributed by atoms with Gasteiger partial charge in [-0.15, -0.1) is 0 Å². The topological polar surface area (TPSA) is 52.2 Å². The molecule has 0 saturated carbocycles. The summed E-state index contributed by atoms with van der Waals surface area (Å²) in [6.07, 6.45) is 3.95. The molecule has 23 heavy (non-hydrogen) atoms. The monoisotopic (exact) mass is 312 g/mol. The summed E-state index contributed by atoms with van der Waals surface area (Å²) in [6.45, 7) is 2.91. The predicted molar refractivity (Wildman–Crippen MR) is 89.9 cm³/mol. The highest BCUT2D eigenvalue weighted by molar-refractivity contribution is 5.78. The average Bonchev–Trinajstić information content (AvgIpc) is 3.10. The minimum absolute atomic E-state index is 0.215. The largest absolute Gasteiger partial charge is 0.341 e. The Morgan fingerprint density at radius 3 is 2.91 bits per heavy atom. The van der Waals surface area contributed by atoms with Gasteiger partial charge in [0.2, 0.25) is 5.91 Å². The lowest BCUT2D eigenvalue weighted by Crippen LogP contribution is -2.43. The number of H-pyrrole nitrogens is 1. The van der Waals surface area contributed by atoms with Gasteiger partial charge in [0.1, 0.15) is 0 Å². The number of amides is 1. The number of nitrogens with one attached hydrogen (secondary N) is 1. The zero-order valence-corrected chi connectivity index (χ0v) is 13.6. The molecule has 122 valence electrons. The predicted octanol–water partition coefficient (Wildman–Crippen LogP) is 2.25. The fraction of sp³-hybridized carbons (Fsp3) is 0.444. The van der Waals surface area contributed by atoms with E-state index in [-0.39, 0.29) is 5.91 Å². The quantitative estimate of drug-likeness (QED) is 0.921. The second kappa shape index (κ2) is 7.42. The first-order chi connectivity index (χ1) is 11.2. The minimum Gasteiger partial charge on any atom is -0.341 e. The van der Waals surface area contributed by atoms with E-state index in [1.54, 1.807) is 6.20 Å². The normalized spacial score (nSPS) is 18.3. The number of hydrogen-bond acceptors (Lipinski definition) is 3.